The molecule has 2 aromatic carbocycles. The van der Waals surface area contributed by atoms with Crippen LogP contribution in [-0.2, 0) is 0 Å². The minimum absolute atomic E-state index is 0.0308. The monoisotopic (exact) mass is 384 g/mol. The van der Waals surface area contributed by atoms with Gasteiger partial charge in [0.15, 0.2) is 0 Å². The summed E-state index contributed by atoms with van der Waals surface area (Å²) in [5.74, 6) is -1.30. The molecule has 0 spiro atoms. The maximum atomic E-state index is 14.0. The molecule has 0 aliphatic heterocycles. The van der Waals surface area contributed by atoms with Gasteiger partial charge in [0.1, 0.15) is 22.6 Å². The fourth-order valence-electron chi connectivity index (χ4n) is 2.64. The van der Waals surface area contributed by atoms with Crippen molar-refractivity contribution in [3.05, 3.63) is 77.1 Å². The van der Waals surface area contributed by atoms with Crippen LogP contribution in [0.2, 0.25) is 5.15 Å². The molecule has 0 bridgehead atoms. The van der Waals surface area contributed by atoms with E-state index in [1.165, 1.54) is 12.3 Å². The predicted octanol–water partition coefficient (Wildman–Crippen LogP) is 4.81. The molecule has 0 radical (unpaired) electrons. The van der Waals surface area contributed by atoms with E-state index in [0.717, 1.165) is 18.2 Å². The fourth-order valence-corrected chi connectivity index (χ4v) is 2.81. The number of hydrogen-bond acceptors (Lipinski definition) is 3. The van der Waals surface area contributed by atoms with Crippen molar-refractivity contribution in [2.45, 2.75) is 0 Å². The molecule has 0 fully saturated rings. The minimum Gasteiger partial charge on any atom is -0.338 e. The number of pyridine rings is 1. The molecule has 134 valence electrons. The van der Waals surface area contributed by atoms with Crippen molar-refractivity contribution >= 4 is 34.2 Å². The first-order valence-electron chi connectivity index (χ1n) is 7.88. The van der Waals surface area contributed by atoms with Gasteiger partial charge in [0.2, 0.25) is 0 Å². The number of hydrogen-bond donors (Lipinski definition) is 2. The number of H-pyrrole nitrogens is 1. The number of fused-ring (bicyclic) bond motifs is 1. The molecule has 2 heterocycles. The fraction of sp³-hybridized carbons (Fsp3) is 0. The van der Waals surface area contributed by atoms with Crippen LogP contribution in [0.15, 0.2) is 54.7 Å². The van der Waals surface area contributed by atoms with Gasteiger partial charge in [-0.2, -0.15) is 0 Å². The van der Waals surface area contributed by atoms with E-state index in [2.05, 4.69) is 20.3 Å². The average molecular weight is 385 g/mol. The van der Waals surface area contributed by atoms with Gasteiger partial charge in [0.05, 0.1) is 16.6 Å². The molecular formula is C19H11ClF2N4O. The lowest BCUT2D eigenvalue weighted by Crippen LogP contribution is -2.11. The Balaban J connectivity index is 1.65. The van der Waals surface area contributed by atoms with E-state index in [0.29, 0.717) is 22.3 Å². The Morgan fingerprint density at radius 3 is 2.74 bits per heavy atom. The quantitative estimate of drug-likeness (QED) is 0.498. The molecule has 4 rings (SSSR count). The molecular weight excluding hydrogens is 374 g/mol. The lowest BCUT2D eigenvalue weighted by Gasteiger charge is -2.05. The van der Waals surface area contributed by atoms with Crippen LogP contribution in [0.5, 0.6) is 0 Å². The second-order valence-corrected chi connectivity index (χ2v) is 6.15. The Morgan fingerprint density at radius 1 is 1.07 bits per heavy atom. The average Bonchev–Trinajstić information content (AvgIpc) is 3.07. The number of imidazole rings is 1. The van der Waals surface area contributed by atoms with E-state index in [4.69, 9.17) is 11.6 Å². The highest BCUT2D eigenvalue weighted by atomic mass is 35.5. The molecule has 1 amide bonds. The predicted molar refractivity (Wildman–Crippen MR) is 98.6 cm³/mol. The first-order chi connectivity index (χ1) is 13.0. The number of benzene rings is 2. The summed E-state index contributed by atoms with van der Waals surface area (Å²) in [4.78, 5) is 23.3. The van der Waals surface area contributed by atoms with Crippen molar-refractivity contribution in [3.63, 3.8) is 0 Å². The highest BCUT2D eigenvalue weighted by molar-refractivity contribution is 6.29. The summed E-state index contributed by atoms with van der Waals surface area (Å²) in [6.45, 7) is 0. The Bertz CT molecular complexity index is 1180. The third kappa shape index (κ3) is 3.50. The van der Waals surface area contributed by atoms with Gasteiger partial charge in [-0.1, -0.05) is 11.6 Å². The van der Waals surface area contributed by atoms with Crippen molar-refractivity contribution in [1.82, 2.24) is 15.0 Å². The zero-order chi connectivity index (χ0) is 19.0. The lowest BCUT2D eigenvalue weighted by atomic mass is 10.2. The van der Waals surface area contributed by atoms with Crippen molar-refractivity contribution in [1.29, 1.82) is 0 Å². The van der Waals surface area contributed by atoms with E-state index >= 15 is 0 Å². The van der Waals surface area contributed by atoms with E-state index in [-0.39, 0.29) is 22.4 Å². The van der Waals surface area contributed by atoms with Crippen LogP contribution in [0.25, 0.3) is 22.4 Å². The van der Waals surface area contributed by atoms with Gasteiger partial charge in [-0.05, 0) is 48.5 Å². The standard InChI is InChI=1S/C19H11ClF2N4O/c20-17-7-10(5-6-23-17)19(27)24-12-2-4-15-16(9-12)26-18(25-15)13-8-11(21)1-3-14(13)22/h1-9H,(H,24,27)(H,25,26). The summed E-state index contributed by atoms with van der Waals surface area (Å²) in [5.41, 5.74) is 2.03. The number of carbonyl (C=O) groups excluding carboxylic acids is 1. The van der Waals surface area contributed by atoms with Gasteiger partial charge in [-0.15, -0.1) is 0 Å². The van der Waals surface area contributed by atoms with Crippen molar-refractivity contribution in [2.75, 3.05) is 5.32 Å². The maximum absolute atomic E-state index is 14.0. The largest absolute Gasteiger partial charge is 0.338 e. The number of aromatic amines is 1. The van der Waals surface area contributed by atoms with Gasteiger partial charge < -0.3 is 10.3 Å². The Morgan fingerprint density at radius 2 is 1.93 bits per heavy atom. The normalized spacial score (nSPS) is 10.9. The molecule has 0 saturated heterocycles. The van der Waals surface area contributed by atoms with Crippen LogP contribution in [-0.4, -0.2) is 20.9 Å². The van der Waals surface area contributed by atoms with Gasteiger partial charge in [0, 0.05) is 17.4 Å². The molecule has 4 aromatic rings. The third-order valence-corrected chi connectivity index (χ3v) is 4.12. The van der Waals surface area contributed by atoms with Gasteiger partial charge in [-0.3, -0.25) is 4.79 Å². The molecule has 27 heavy (non-hydrogen) atoms. The van der Waals surface area contributed by atoms with Crippen LogP contribution in [0.4, 0.5) is 14.5 Å². The highest BCUT2D eigenvalue weighted by Crippen LogP contribution is 2.25. The summed E-state index contributed by atoms with van der Waals surface area (Å²) in [6, 6.07) is 11.1. The second kappa shape index (κ2) is 6.77. The summed E-state index contributed by atoms with van der Waals surface area (Å²) in [6.07, 6.45) is 1.44. The molecule has 0 unspecified atom stereocenters. The zero-order valence-electron chi connectivity index (χ0n) is 13.6. The van der Waals surface area contributed by atoms with E-state index < -0.39 is 11.6 Å². The van der Waals surface area contributed by atoms with Crippen molar-refractivity contribution in [2.24, 2.45) is 0 Å². The topological polar surface area (TPSA) is 70.7 Å². The first kappa shape index (κ1) is 17.1. The zero-order valence-corrected chi connectivity index (χ0v) is 14.4. The van der Waals surface area contributed by atoms with E-state index in [1.54, 1.807) is 24.3 Å². The SMILES string of the molecule is O=C(Nc1ccc2nc(-c3cc(F)ccc3F)[nH]c2c1)c1ccnc(Cl)c1. The Labute approximate surface area is 157 Å². The summed E-state index contributed by atoms with van der Waals surface area (Å²) >= 11 is 5.79. The smallest absolute Gasteiger partial charge is 0.255 e. The number of nitrogens with one attached hydrogen (secondary N) is 2. The van der Waals surface area contributed by atoms with Crippen LogP contribution >= 0.6 is 11.6 Å². The number of anilines is 1. The van der Waals surface area contributed by atoms with Crippen LogP contribution in [0, 0.1) is 11.6 Å². The Kier molecular flexibility index (Phi) is 4.29. The van der Waals surface area contributed by atoms with Gasteiger partial charge in [-0.25, -0.2) is 18.7 Å². The van der Waals surface area contributed by atoms with Crippen molar-refractivity contribution < 1.29 is 13.6 Å². The maximum Gasteiger partial charge on any atom is 0.255 e. The third-order valence-electron chi connectivity index (χ3n) is 3.91. The number of amides is 1. The van der Waals surface area contributed by atoms with E-state index in [9.17, 15) is 13.6 Å². The number of aromatic nitrogens is 3. The molecule has 2 N–H and O–H groups in total. The number of carbonyl (C=O) groups is 1. The Hall–Kier alpha value is -3.32. The number of nitrogens with zero attached hydrogens (tertiary/aromatic N) is 2. The molecule has 8 heteroatoms. The second-order valence-electron chi connectivity index (χ2n) is 5.76. The number of halogens is 3. The lowest BCUT2D eigenvalue weighted by molar-refractivity contribution is 0.102. The molecule has 2 aromatic heterocycles. The van der Waals surface area contributed by atoms with Gasteiger partial charge >= 0.3 is 0 Å². The van der Waals surface area contributed by atoms with Crippen LogP contribution in [0.1, 0.15) is 10.4 Å². The minimum atomic E-state index is -0.585. The molecule has 0 atom stereocenters. The molecule has 0 saturated carbocycles. The van der Waals surface area contributed by atoms with Crippen LogP contribution in [0.3, 0.4) is 0 Å². The van der Waals surface area contributed by atoms with Gasteiger partial charge in [0.25, 0.3) is 5.91 Å². The van der Waals surface area contributed by atoms with Crippen LogP contribution < -0.4 is 5.32 Å². The van der Waals surface area contributed by atoms with Crippen molar-refractivity contribution in [3.8, 4) is 11.4 Å². The summed E-state index contributed by atoms with van der Waals surface area (Å²) in [5, 5.41) is 2.96. The first-order valence-corrected chi connectivity index (χ1v) is 8.25. The number of rotatable bonds is 3. The van der Waals surface area contributed by atoms with E-state index in [1.807, 2.05) is 0 Å². The molecule has 0 aliphatic carbocycles. The summed E-state index contributed by atoms with van der Waals surface area (Å²) < 4.78 is 27.4. The highest BCUT2D eigenvalue weighted by Gasteiger charge is 2.13. The molecule has 0 aliphatic rings. The molecule has 5 nitrogen and oxygen atoms in total. The summed E-state index contributed by atoms with van der Waals surface area (Å²) in [7, 11) is 0.